The number of rotatable bonds is 15. The summed E-state index contributed by atoms with van der Waals surface area (Å²) in [7, 11) is 4.84. The molecule has 1 N–H and O–H groups in total. The van der Waals surface area contributed by atoms with Crippen molar-refractivity contribution in [1.82, 2.24) is 20.0 Å². The summed E-state index contributed by atoms with van der Waals surface area (Å²) in [5.41, 5.74) is 3.41. The molecule has 2 aromatic carbocycles. The molecule has 0 aromatic heterocycles. The van der Waals surface area contributed by atoms with E-state index in [-0.39, 0.29) is 33.6 Å². The Balaban J connectivity index is 1.31. The number of nitrogens with one attached hydrogen (secondary N) is 1. The van der Waals surface area contributed by atoms with Crippen LogP contribution in [0.15, 0.2) is 58.7 Å². The molecule has 0 saturated carbocycles. The Morgan fingerprint density at radius 1 is 0.927 bits per heavy atom. The number of piperidine rings is 1. The average Bonchev–Trinajstić information content (AvgIpc) is 3.34. The van der Waals surface area contributed by atoms with E-state index in [1.807, 2.05) is 29.2 Å². The molecule has 3 fully saturated rings. The number of carbonyl (C=O) groups is 3. The van der Waals surface area contributed by atoms with E-state index in [0.717, 1.165) is 50.1 Å². The van der Waals surface area contributed by atoms with Crippen LogP contribution >= 0.6 is 23.2 Å². The van der Waals surface area contributed by atoms with E-state index >= 15 is 0 Å². The molecule has 13 heteroatoms. The van der Waals surface area contributed by atoms with Gasteiger partial charge in [0, 0.05) is 60.4 Å². The van der Waals surface area contributed by atoms with Gasteiger partial charge in [0.1, 0.15) is 5.92 Å². The van der Waals surface area contributed by atoms with Crippen LogP contribution in [0.25, 0.3) is 0 Å². The predicted molar refractivity (Wildman–Crippen MR) is 214 cm³/mol. The van der Waals surface area contributed by atoms with Crippen molar-refractivity contribution in [3.8, 4) is 0 Å². The number of ether oxygens (including phenoxy) is 3. The molecule has 0 aliphatic carbocycles. The molecule has 2 bridgehead atoms. The maximum Gasteiger partial charge on any atom is 0.336 e. The van der Waals surface area contributed by atoms with Crippen molar-refractivity contribution in [3.05, 3.63) is 80.5 Å². The molecule has 6 rings (SSSR count). The monoisotopic (exact) mass is 795 g/mol. The minimum Gasteiger partial charge on any atom is -0.468 e. The van der Waals surface area contributed by atoms with Crippen LogP contribution in [-0.2, 0) is 41.6 Å². The maximum absolute atomic E-state index is 14.3. The van der Waals surface area contributed by atoms with Crippen LogP contribution in [0.2, 0.25) is 10.0 Å². The van der Waals surface area contributed by atoms with E-state index in [1.54, 1.807) is 18.2 Å². The highest BCUT2D eigenvalue weighted by Gasteiger charge is 2.51. The van der Waals surface area contributed by atoms with Crippen molar-refractivity contribution in [2.75, 3.05) is 67.1 Å². The van der Waals surface area contributed by atoms with Crippen molar-refractivity contribution >= 4 is 46.8 Å². The number of piperazine rings is 1. The lowest BCUT2D eigenvalue weighted by Gasteiger charge is -2.52. The third-order valence-corrected chi connectivity index (χ3v) is 12.9. The summed E-state index contributed by atoms with van der Waals surface area (Å²) in [6, 6.07) is 13.7. The summed E-state index contributed by atoms with van der Waals surface area (Å²) < 4.78 is 16.7. The van der Waals surface area contributed by atoms with Crippen molar-refractivity contribution in [2.45, 2.75) is 82.5 Å². The largest absolute Gasteiger partial charge is 0.468 e. The van der Waals surface area contributed by atoms with Gasteiger partial charge in [-0.2, -0.15) is 0 Å². The van der Waals surface area contributed by atoms with Gasteiger partial charge in [-0.05, 0) is 87.4 Å². The third kappa shape index (κ3) is 8.82. The first-order chi connectivity index (χ1) is 26.6. The number of hydrogen-bond acceptors (Lipinski definition) is 10. The first-order valence-electron chi connectivity index (χ1n) is 19.6. The number of aliphatic imine (C=N–C) groups is 1. The Morgan fingerprint density at radius 2 is 1.65 bits per heavy atom. The Bertz CT molecular complexity index is 1750. The van der Waals surface area contributed by atoms with E-state index in [0.29, 0.717) is 62.2 Å². The van der Waals surface area contributed by atoms with Gasteiger partial charge in [-0.25, -0.2) is 4.79 Å². The molecule has 2 aromatic rings. The number of carbonyl (C=O) groups excluding carboxylic acids is 3. The number of benzene rings is 2. The lowest BCUT2D eigenvalue weighted by molar-refractivity contribution is -0.143. The van der Waals surface area contributed by atoms with Gasteiger partial charge in [-0.1, -0.05) is 60.5 Å². The fourth-order valence-corrected chi connectivity index (χ4v) is 9.93. The minimum atomic E-state index is -1.15. The summed E-state index contributed by atoms with van der Waals surface area (Å²) in [4.78, 5) is 54.1. The number of allylic oxidation sites excluding steroid dienone is 1. The highest BCUT2D eigenvalue weighted by molar-refractivity contribution is 6.36. The first kappa shape index (κ1) is 41.3. The Kier molecular flexibility index (Phi) is 14.1. The fourth-order valence-electron chi connectivity index (χ4n) is 9.30. The second kappa shape index (κ2) is 18.7. The van der Waals surface area contributed by atoms with Gasteiger partial charge in [0.2, 0.25) is 5.91 Å². The van der Waals surface area contributed by atoms with Crippen molar-refractivity contribution in [2.24, 2.45) is 10.9 Å². The fraction of sp³-hybridized carbons (Fsp3) is 0.571. The van der Waals surface area contributed by atoms with Gasteiger partial charge in [0.15, 0.2) is 0 Å². The summed E-state index contributed by atoms with van der Waals surface area (Å²) >= 11 is 13.7. The van der Waals surface area contributed by atoms with Gasteiger partial charge in [-0.3, -0.25) is 24.4 Å². The zero-order chi connectivity index (χ0) is 39.1. The number of halogens is 2. The number of aryl methyl sites for hydroxylation is 1. The van der Waals surface area contributed by atoms with Crippen LogP contribution in [0.1, 0.15) is 74.5 Å². The van der Waals surface area contributed by atoms with E-state index in [4.69, 9.17) is 42.4 Å². The molecule has 4 aliphatic rings. The first-order valence-corrected chi connectivity index (χ1v) is 20.4. The number of amides is 1. The topological polar surface area (TPSA) is 113 Å². The molecule has 0 spiro atoms. The van der Waals surface area contributed by atoms with Gasteiger partial charge in [0.25, 0.3) is 0 Å². The number of methoxy groups -OCH3 is 2. The quantitative estimate of drug-likeness (QED) is 0.171. The van der Waals surface area contributed by atoms with Crippen LogP contribution in [0, 0.1) is 5.92 Å². The van der Waals surface area contributed by atoms with Crippen molar-refractivity contribution in [1.29, 1.82) is 0 Å². The summed E-state index contributed by atoms with van der Waals surface area (Å²) in [6.07, 6.45) is 6.74. The summed E-state index contributed by atoms with van der Waals surface area (Å²) in [5, 5.41) is 3.82. The number of fused-ring (bicyclic) bond motifs is 2. The molecule has 0 radical (unpaired) electrons. The molecular weight excluding hydrogens is 741 g/mol. The van der Waals surface area contributed by atoms with Crippen LogP contribution in [-0.4, -0.2) is 117 Å². The van der Waals surface area contributed by atoms with E-state index in [9.17, 15) is 14.4 Å². The van der Waals surface area contributed by atoms with Crippen LogP contribution in [0.4, 0.5) is 0 Å². The zero-order valence-corrected chi connectivity index (χ0v) is 34.1. The lowest BCUT2D eigenvalue weighted by atomic mass is 9.73. The van der Waals surface area contributed by atoms with Gasteiger partial charge < -0.3 is 24.4 Å². The Morgan fingerprint density at radius 3 is 2.35 bits per heavy atom. The summed E-state index contributed by atoms with van der Waals surface area (Å²) in [6.45, 7) is 7.42. The van der Waals surface area contributed by atoms with E-state index in [2.05, 4.69) is 29.1 Å². The molecule has 298 valence electrons. The van der Waals surface area contributed by atoms with E-state index in [1.165, 1.54) is 33.5 Å². The second-order valence-electron chi connectivity index (χ2n) is 15.0. The normalized spacial score (nSPS) is 24.5. The number of likely N-dealkylation sites (N-methyl/N-ethyl adjacent to an activating group) is 1. The highest BCUT2D eigenvalue weighted by Crippen LogP contribution is 2.47. The predicted octanol–water partition coefficient (Wildman–Crippen LogP) is 6.02. The molecule has 11 nitrogen and oxygen atoms in total. The maximum atomic E-state index is 14.3. The van der Waals surface area contributed by atoms with Gasteiger partial charge >= 0.3 is 11.9 Å². The number of esters is 2. The SMILES string of the molecule is CCNCCOCc1ccccc1CCC1=C(C(=O)OC)C(c2c(Cl)cccc2Cl)C(C(=O)OC)C(CC(=O)N2CCN(C34CCCC(CC3)N4C)CC2)=N1. The van der Waals surface area contributed by atoms with Gasteiger partial charge in [0.05, 0.1) is 50.8 Å². The average molecular weight is 797 g/mol. The minimum absolute atomic E-state index is 0.0733. The van der Waals surface area contributed by atoms with Crippen LogP contribution in [0.3, 0.4) is 0 Å². The molecule has 3 saturated heterocycles. The molecular formula is C42H55Cl2N5O6. The highest BCUT2D eigenvalue weighted by atomic mass is 35.5. The second-order valence-corrected chi connectivity index (χ2v) is 15.8. The van der Waals surface area contributed by atoms with Crippen molar-refractivity contribution in [3.63, 3.8) is 0 Å². The lowest BCUT2D eigenvalue weighted by Crippen LogP contribution is -2.64. The standard InChI is InChI=1S/C42H55Cl2N5O6/c1-5-45-20-25-55-27-29-11-7-6-10-28(29)15-16-33-37(40(51)53-3)39(36-31(43)13-8-14-32(36)44)38(41(52)54-4)34(46-33)26-35(50)48-21-23-49(24-22-48)42-18-9-12-30(17-19-42)47(42)2/h6-8,10-11,13-14,30,38-39,45H,5,9,12,15-27H2,1-4H3. The molecule has 55 heavy (non-hydrogen) atoms. The zero-order valence-electron chi connectivity index (χ0n) is 32.6. The molecule has 1 amide bonds. The number of hydrogen-bond donors (Lipinski definition) is 1. The molecule has 4 aliphatic heterocycles. The van der Waals surface area contributed by atoms with Crippen LogP contribution < -0.4 is 5.32 Å². The Hall–Kier alpha value is -3.32. The smallest absolute Gasteiger partial charge is 0.336 e. The van der Waals surface area contributed by atoms with Gasteiger partial charge in [-0.15, -0.1) is 0 Å². The summed E-state index contributed by atoms with van der Waals surface area (Å²) in [5.74, 6) is -3.58. The van der Waals surface area contributed by atoms with Crippen LogP contribution in [0.5, 0.6) is 0 Å². The molecule has 4 atom stereocenters. The third-order valence-electron chi connectivity index (χ3n) is 12.2. The molecule has 4 heterocycles. The Labute approximate surface area is 335 Å². The molecule has 4 unspecified atom stereocenters. The van der Waals surface area contributed by atoms with E-state index < -0.39 is 23.8 Å². The van der Waals surface area contributed by atoms with Crippen molar-refractivity contribution < 1.29 is 28.6 Å². The number of nitrogens with zero attached hydrogens (tertiary/aromatic N) is 4.